The topological polar surface area (TPSA) is 40.0 Å². The van der Waals surface area contributed by atoms with E-state index in [0.717, 1.165) is 45.6 Å². The molecular formula is C19H17Cl3N4S2. The average Bonchev–Trinajstić information content (AvgIpc) is 3.06. The summed E-state index contributed by atoms with van der Waals surface area (Å²) >= 11 is 9.51. The molecule has 0 aromatic heterocycles. The third-order valence-corrected chi connectivity index (χ3v) is 6.57. The summed E-state index contributed by atoms with van der Waals surface area (Å²) in [5.74, 6) is 0.864. The van der Waals surface area contributed by atoms with Gasteiger partial charge in [0.15, 0.2) is 10.3 Å². The average molecular weight is 472 g/mol. The number of hydrogen-bond acceptors (Lipinski definition) is 6. The fourth-order valence-corrected chi connectivity index (χ4v) is 5.15. The lowest BCUT2D eigenvalue weighted by Crippen LogP contribution is -2.27. The van der Waals surface area contributed by atoms with Crippen LogP contribution in [0.5, 0.6) is 0 Å². The van der Waals surface area contributed by atoms with Crippen molar-refractivity contribution in [3.63, 3.8) is 0 Å². The Labute approximate surface area is 189 Å². The van der Waals surface area contributed by atoms with Crippen LogP contribution in [-0.4, -0.2) is 21.0 Å². The maximum atomic E-state index is 6.09. The quantitative estimate of drug-likeness (QED) is 0.559. The van der Waals surface area contributed by atoms with Gasteiger partial charge in [-0.25, -0.2) is 4.99 Å². The lowest BCUT2D eigenvalue weighted by atomic mass is 10.1. The van der Waals surface area contributed by atoms with Gasteiger partial charge >= 0.3 is 0 Å². The first-order valence-corrected chi connectivity index (χ1v) is 10.5. The Kier molecular flexibility index (Phi) is 6.89. The Hall–Kier alpha value is -1.31. The zero-order chi connectivity index (χ0) is 17.5. The number of nitrogens with one attached hydrogen (secondary N) is 1. The molecule has 0 radical (unpaired) electrons. The summed E-state index contributed by atoms with van der Waals surface area (Å²) in [4.78, 5) is 11.7. The number of amidine groups is 2. The molecule has 0 saturated carbocycles. The number of para-hydroxylation sites is 1. The van der Waals surface area contributed by atoms with Gasteiger partial charge in [-0.2, -0.15) is 0 Å². The highest BCUT2D eigenvalue weighted by atomic mass is 35.5. The fraction of sp³-hybridized carbons (Fsp3) is 0.158. The monoisotopic (exact) mass is 470 g/mol. The smallest absolute Gasteiger partial charge is 0.173 e. The maximum Gasteiger partial charge on any atom is 0.173 e. The van der Waals surface area contributed by atoms with Crippen molar-refractivity contribution in [2.45, 2.75) is 13.1 Å². The van der Waals surface area contributed by atoms with E-state index in [2.05, 4.69) is 50.9 Å². The van der Waals surface area contributed by atoms with Gasteiger partial charge in [-0.1, -0.05) is 59.4 Å². The molecular weight excluding hydrogens is 455 g/mol. The number of fused-ring (bicyclic) bond motifs is 3. The molecule has 1 N–H and O–H groups in total. The van der Waals surface area contributed by atoms with Crippen molar-refractivity contribution in [2.24, 2.45) is 9.98 Å². The van der Waals surface area contributed by atoms with Crippen LogP contribution >= 0.6 is 59.9 Å². The van der Waals surface area contributed by atoms with E-state index in [1.165, 1.54) is 16.8 Å². The number of anilines is 1. The van der Waals surface area contributed by atoms with Gasteiger partial charge in [-0.15, -0.1) is 24.8 Å². The third kappa shape index (κ3) is 4.16. The Balaban J connectivity index is 0.00000112. The van der Waals surface area contributed by atoms with Crippen molar-refractivity contribution in [3.05, 3.63) is 69.7 Å². The van der Waals surface area contributed by atoms with E-state index >= 15 is 0 Å². The van der Waals surface area contributed by atoms with E-state index in [1.54, 1.807) is 23.5 Å². The van der Waals surface area contributed by atoms with Gasteiger partial charge in [0.25, 0.3) is 0 Å². The molecule has 3 aliphatic heterocycles. The van der Waals surface area contributed by atoms with E-state index in [0.29, 0.717) is 0 Å². The molecule has 0 saturated heterocycles. The molecule has 2 aromatic carbocycles. The summed E-state index contributed by atoms with van der Waals surface area (Å²) in [7, 11) is 0. The van der Waals surface area contributed by atoms with E-state index < -0.39 is 0 Å². The summed E-state index contributed by atoms with van der Waals surface area (Å²) in [5, 5.41) is 8.36. The number of halogens is 3. The van der Waals surface area contributed by atoms with Crippen LogP contribution in [0.1, 0.15) is 11.1 Å². The van der Waals surface area contributed by atoms with Crippen LogP contribution in [0.2, 0.25) is 5.02 Å². The molecule has 4 nitrogen and oxygen atoms in total. The standard InChI is InChI=1S/C19H15ClN4S2.2ClH/c20-14-6-5-13-9-24-15(11-26-19(24)23-17(13)7-14)10-25-18-21-8-12-3-1-2-4-16(12)22-18;;/h1-7,11H,8-10H2,(H,21,22);2*1H. The fourth-order valence-electron chi connectivity index (χ4n) is 3.10. The van der Waals surface area contributed by atoms with Gasteiger partial charge in [0.2, 0.25) is 0 Å². The number of nitrogens with zero attached hydrogens (tertiary/aromatic N) is 3. The first-order chi connectivity index (χ1) is 12.8. The van der Waals surface area contributed by atoms with Gasteiger partial charge in [0.1, 0.15) is 0 Å². The van der Waals surface area contributed by atoms with Crippen LogP contribution in [0, 0.1) is 0 Å². The largest absolute Gasteiger partial charge is 0.335 e. The third-order valence-electron chi connectivity index (χ3n) is 4.48. The van der Waals surface area contributed by atoms with Crippen LogP contribution in [0.15, 0.2) is 63.6 Å². The first-order valence-electron chi connectivity index (χ1n) is 8.29. The number of hydrogen-bond donors (Lipinski definition) is 1. The summed E-state index contributed by atoms with van der Waals surface area (Å²) in [6.07, 6.45) is 0. The van der Waals surface area contributed by atoms with Gasteiger partial charge in [-0.3, -0.25) is 4.99 Å². The van der Waals surface area contributed by atoms with E-state index in [9.17, 15) is 0 Å². The van der Waals surface area contributed by atoms with Crippen molar-refractivity contribution >= 4 is 81.6 Å². The highest BCUT2D eigenvalue weighted by molar-refractivity contribution is 8.17. The van der Waals surface area contributed by atoms with E-state index in [1.807, 2.05) is 12.1 Å². The minimum absolute atomic E-state index is 0. The molecule has 3 aliphatic rings. The minimum Gasteiger partial charge on any atom is -0.335 e. The minimum atomic E-state index is 0. The van der Waals surface area contributed by atoms with Gasteiger partial charge in [0, 0.05) is 22.2 Å². The zero-order valence-corrected chi connectivity index (χ0v) is 18.6. The summed E-state index contributed by atoms with van der Waals surface area (Å²) in [5.41, 5.74) is 5.86. The molecule has 9 heteroatoms. The number of aliphatic imine (C=N–C) groups is 2. The second kappa shape index (κ2) is 9.01. The van der Waals surface area contributed by atoms with Crippen molar-refractivity contribution in [1.82, 2.24) is 4.90 Å². The molecule has 0 fully saturated rings. The van der Waals surface area contributed by atoms with Crippen molar-refractivity contribution in [1.29, 1.82) is 0 Å². The second-order valence-electron chi connectivity index (χ2n) is 6.17. The van der Waals surface area contributed by atoms with Crippen LogP contribution in [0.3, 0.4) is 0 Å². The molecule has 0 unspecified atom stereocenters. The first kappa shape index (κ1) is 21.4. The zero-order valence-electron chi connectivity index (χ0n) is 14.6. The van der Waals surface area contributed by atoms with Gasteiger partial charge in [-0.05, 0) is 34.7 Å². The molecule has 2 aromatic rings. The maximum absolute atomic E-state index is 6.09. The molecule has 3 heterocycles. The SMILES string of the molecule is Cl.Cl.Clc1ccc2c(c1)N=C1SC=C(CSC3=NCc4ccccc4N3)N1C2. The molecule has 0 amide bonds. The second-order valence-corrected chi connectivity index (χ2v) is 8.41. The van der Waals surface area contributed by atoms with Crippen molar-refractivity contribution < 1.29 is 0 Å². The Bertz CT molecular complexity index is 991. The number of benzene rings is 2. The lowest BCUT2D eigenvalue weighted by molar-refractivity contribution is 0.519. The van der Waals surface area contributed by atoms with E-state index in [-0.39, 0.29) is 24.8 Å². The normalized spacial score (nSPS) is 16.2. The van der Waals surface area contributed by atoms with Crippen LogP contribution in [-0.2, 0) is 13.1 Å². The van der Waals surface area contributed by atoms with Crippen molar-refractivity contribution in [3.8, 4) is 0 Å². The molecule has 28 heavy (non-hydrogen) atoms. The predicted octanol–water partition coefficient (Wildman–Crippen LogP) is 6.29. The Morgan fingerprint density at radius 3 is 2.89 bits per heavy atom. The van der Waals surface area contributed by atoms with Crippen LogP contribution < -0.4 is 5.32 Å². The summed E-state index contributed by atoms with van der Waals surface area (Å²) in [6.45, 7) is 1.58. The molecule has 5 rings (SSSR count). The summed E-state index contributed by atoms with van der Waals surface area (Å²) in [6, 6.07) is 14.3. The number of rotatable bonds is 2. The van der Waals surface area contributed by atoms with Gasteiger partial charge < -0.3 is 10.2 Å². The predicted molar refractivity (Wildman–Crippen MR) is 128 cm³/mol. The van der Waals surface area contributed by atoms with Crippen LogP contribution in [0.25, 0.3) is 0 Å². The highest BCUT2D eigenvalue weighted by Crippen LogP contribution is 2.38. The Morgan fingerprint density at radius 2 is 2.00 bits per heavy atom. The Morgan fingerprint density at radius 1 is 1.14 bits per heavy atom. The molecule has 0 bridgehead atoms. The molecule has 0 aliphatic carbocycles. The van der Waals surface area contributed by atoms with E-state index in [4.69, 9.17) is 16.6 Å². The molecule has 0 spiro atoms. The lowest BCUT2D eigenvalue weighted by Gasteiger charge is -2.27. The number of thioether (sulfide) groups is 2. The highest BCUT2D eigenvalue weighted by Gasteiger charge is 2.28. The molecule has 146 valence electrons. The summed E-state index contributed by atoms with van der Waals surface area (Å²) < 4.78 is 0. The van der Waals surface area contributed by atoms with Crippen LogP contribution in [0.4, 0.5) is 11.4 Å². The van der Waals surface area contributed by atoms with Gasteiger partial charge in [0.05, 0.1) is 18.8 Å². The molecule has 0 atom stereocenters. The van der Waals surface area contributed by atoms with Crippen molar-refractivity contribution in [2.75, 3.05) is 11.1 Å².